The molecular formula is C17H27N5O. The lowest BCUT2D eigenvalue weighted by Crippen LogP contribution is -2.17. The van der Waals surface area contributed by atoms with Gasteiger partial charge in [-0.2, -0.15) is 10.2 Å². The fourth-order valence-electron chi connectivity index (χ4n) is 2.78. The molecule has 0 unspecified atom stereocenters. The number of carbonyl (C=O) groups is 1. The SMILES string of the molecule is Cc1nn(C)cc1CC(=O)Nc1cnn(CC(C)C)c1C(C)C. The summed E-state index contributed by atoms with van der Waals surface area (Å²) in [5, 5.41) is 11.7. The first-order valence-electron chi connectivity index (χ1n) is 8.12. The van der Waals surface area contributed by atoms with E-state index in [0.29, 0.717) is 18.3 Å². The van der Waals surface area contributed by atoms with E-state index in [-0.39, 0.29) is 5.91 Å². The number of nitrogens with one attached hydrogen (secondary N) is 1. The second-order valence-electron chi connectivity index (χ2n) is 6.81. The van der Waals surface area contributed by atoms with Crippen molar-refractivity contribution >= 4 is 11.6 Å². The molecule has 1 amide bonds. The molecule has 23 heavy (non-hydrogen) atoms. The molecule has 0 saturated carbocycles. The number of aromatic nitrogens is 4. The minimum absolute atomic E-state index is 0.0351. The zero-order chi connectivity index (χ0) is 17.1. The van der Waals surface area contributed by atoms with Gasteiger partial charge in [-0.15, -0.1) is 0 Å². The van der Waals surface area contributed by atoms with Crippen molar-refractivity contribution in [2.24, 2.45) is 13.0 Å². The number of nitrogens with zero attached hydrogens (tertiary/aromatic N) is 4. The van der Waals surface area contributed by atoms with E-state index >= 15 is 0 Å². The van der Waals surface area contributed by atoms with Crippen LogP contribution in [0.25, 0.3) is 0 Å². The van der Waals surface area contributed by atoms with Crippen LogP contribution < -0.4 is 5.32 Å². The first kappa shape index (κ1) is 17.2. The predicted octanol–water partition coefficient (Wildman–Crippen LogP) is 2.89. The van der Waals surface area contributed by atoms with Crippen LogP contribution >= 0.6 is 0 Å². The number of aryl methyl sites for hydroxylation is 2. The van der Waals surface area contributed by atoms with E-state index in [4.69, 9.17) is 0 Å². The van der Waals surface area contributed by atoms with E-state index in [1.165, 1.54) is 0 Å². The fraction of sp³-hybridized carbons (Fsp3) is 0.588. The Morgan fingerprint density at radius 2 is 2.00 bits per heavy atom. The number of carbonyl (C=O) groups excluding carboxylic acids is 1. The number of hydrogen-bond acceptors (Lipinski definition) is 3. The monoisotopic (exact) mass is 317 g/mol. The zero-order valence-electron chi connectivity index (χ0n) is 14.9. The van der Waals surface area contributed by atoms with Crippen molar-refractivity contribution in [3.05, 3.63) is 29.3 Å². The molecule has 0 aliphatic rings. The molecule has 0 radical (unpaired) electrons. The molecule has 126 valence electrons. The molecule has 0 fully saturated rings. The third-order valence-corrected chi connectivity index (χ3v) is 3.71. The number of amides is 1. The number of anilines is 1. The van der Waals surface area contributed by atoms with Gasteiger partial charge >= 0.3 is 0 Å². The van der Waals surface area contributed by atoms with Crippen LogP contribution in [0.4, 0.5) is 5.69 Å². The lowest BCUT2D eigenvalue weighted by molar-refractivity contribution is -0.115. The van der Waals surface area contributed by atoms with Gasteiger partial charge in [0, 0.05) is 25.4 Å². The summed E-state index contributed by atoms with van der Waals surface area (Å²) in [6, 6.07) is 0. The summed E-state index contributed by atoms with van der Waals surface area (Å²) in [4.78, 5) is 12.4. The lowest BCUT2D eigenvalue weighted by atomic mass is 10.1. The molecule has 6 heteroatoms. The van der Waals surface area contributed by atoms with Gasteiger partial charge < -0.3 is 5.32 Å². The van der Waals surface area contributed by atoms with Crippen molar-refractivity contribution in [3.63, 3.8) is 0 Å². The summed E-state index contributed by atoms with van der Waals surface area (Å²) in [6.45, 7) is 11.3. The Morgan fingerprint density at radius 1 is 1.30 bits per heavy atom. The molecule has 0 aliphatic heterocycles. The van der Waals surface area contributed by atoms with Crippen molar-refractivity contribution in [2.75, 3.05) is 5.32 Å². The van der Waals surface area contributed by atoms with E-state index in [1.54, 1.807) is 10.9 Å². The minimum atomic E-state index is -0.0351. The maximum absolute atomic E-state index is 12.4. The molecule has 2 aromatic heterocycles. The Bertz CT molecular complexity index is 681. The van der Waals surface area contributed by atoms with E-state index < -0.39 is 0 Å². The number of rotatable bonds is 6. The van der Waals surface area contributed by atoms with Crippen LogP contribution in [-0.2, 0) is 24.8 Å². The van der Waals surface area contributed by atoms with Gasteiger partial charge in [-0.3, -0.25) is 14.2 Å². The Balaban J connectivity index is 2.14. The molecule has 0 bridgehead atoms. The predicted molar refractivity (Wildman–Crippen MR) is 91.4 cm³/mol. The molecule has 0 spiro atoms. The van der Waals surface area contributed by atoms with Gasteiger partial charge in [0.2, 0.25) is 5.91 Å². The van der Waals surface area contributed by atoms with Crippen LogP contribution in [0, 0.1) is 12.8 Å². The highest BCUT2D eigenvalue weighted by Gasteiger charge is 2.18. The Morgan fingerprint density at radius 3 is 2.52 bits per heavy atom. The zero-order valence-corrected chi connectivity index (χ0v) is 14.9. The van der Waals surface area contributed by atoms with Gasteiger partial charge in [-0.1, -0.05) is 27.7 Å². The fourth-order valence-corrected chi connectivity index (χ4v) is 2.78. The second kappa shape index (κ2) is 6.98. The van der Waals surface area contributed by atoms with Gasteiger partial charge in [0.15, 0.2) is 0 Å². The Labute approximate surface area is 137 Å². The van der Waals surface area contributed by atoms with Gasteiger partial charge in [-0.25, -0.2) is 0 Å². The Kier molecular flexibility index (Phi) is 5.23. The quantitative estimate of drug-likeness (QED) is 0.891. The van der Waals surface area contributed by atoms with Crippen molar-refractivity contribution in [3.8, 4) is 0 Å². The summed E-state index contributed by atoms with van der Waals surface area (Å²) in [5.74, 6) is 0.771. The molecule has 2 heterocycles. The standard InChI is InChI=1S/C17H27N5O/c1-11(2)9-22-17(12(3)4)15(8-18-22)19-16(23)7-14-10-21(6)20-13(14)5/h8,10-12H,7,9H2,1-6H3,(H,19,23). The highest BCUT2D eigenvalue weighted by Crippen LogP contribution is 2.25. The third-order valence-electron chi connectivity index (χ3n) is 3.71. The van der Waals surface area contributed by atoms with Crippen LogP contribution in [0.5, 0.6) is 0 Å². The average molecular weight is 317 g/mol. The smallest absolute Gasteiger partial charge is 0.229 e. The topological polar surface area (TPSA) is 64.7 Å². The van der Waals surface area contributed by atoms with E-state index in [1.807, 2.05) is 24.9 Å². The maximum Gasteiger partial charge on any atom is 0.229 e. The lowest BCUT2D eigenvalue weighted by Gasteiger charge is -2.14. The highest BCUT2D eigenvalue weighted by molar-refractivity contribution is 5.92. The molecule has 2 aromatic rings. The normalized spacial score (nSPS) is 11.5. The average Bonchev–Trinajstić information content (AvgIpc) is 2.92. The summed E-state index contributed by atoms with van der Waals surface area (Å²) in [6.07, 6.45) is 3.97. The highest BCUT2D eigenvalue weighted by atomic mass is 16.1. The summed E-state index contributed by atoms with van der Waals surface area (Å²) in [5.41, 5.74) is 3.73. The molecule has 0 aromatic carbocycles. The number of hydrogen-bond donors (Lipinski definition) is 1. The van der Waals surface area contributed by atoms with Gasteiger partial charge in [0.25, 0.3) is 0 Å². The molecule has 0 aliphatic carbocycles. The van der Waals surface area contributed by atoms with Gasteiger partial charge in [0.05, 0.1) is 29.7 Å². The molecule has 2 rings (SSSR count). The summed E-state index contributed by atoms with van der Waals surface area (Å²) >= 11 is 0. The van der Waals surface area contributed by atoms with E-state index in [0.717, 1.165) is 29.2 Å². The van der Waals surface area contributed by atoms with Crippen molar-refractivity contribution in [1.82, 2.24) is 19.6 Å². The largest absolute Gasteiger partial charge is 0.323 e. The maximum atomic E-state index is 12.4. The second-order valence-corrected chi connectivity index (χ2v) is 6.81. The van der Waals surface area contributed by atoms with Crippen molar-refractivity contribution in [2.45, 2.75) is 53.5 Å². The third kappa shape index (κ3) is 4.21. The molecule has 0 atom stereocenters. The first-order valence-corrected chi connectivity index (χ1v) is 8.12. The molecule has 1 N–H and O–H groups in total. The molecule has 0 saturated heterocycles. The first-order chi connectivity index (χ1) is 10.8. The van der Waals surface area contributed by atoms with Crippen molar-refractivity contribution < 1.29 is 4.79 Å². The van der Waals surface area contributed by atoms with Crippen LogP contribution in [0.15, 0.2) is 12.4 Å². The van der Waals surface area contributed by atoms with Crippen molar-refractivity contribution in [1.29, 1.82) is 0 Å². The van der Waals surface area contributed by atoms with Crippen LogP contribution in [0.2, 0.25) is 0 Å². The Hall–Kier alpha value is -2.11. The summed E-state index contributed by atoms with van der Waals surface area (Å²) < 4.78 is 3.73. The molecule has 6 nitrogen and oxygen atoms in total. The van der Waals surface area contributed by atoms with E-state index in [2.05, 4.69) is 43.2 Å². The van der Waals surface area contributed by atoms with Crippen LogP contribution in [-0.4, -0.2) is 25.5 Å². The van der Waals surface area contributed by atoms with Crippen LogP contribution in [0.3, 0.4) is 0 Å². The van der Waals surface area contributed by atoms with Gasteiger partial charge in [0.1, 0.15) is 0 Å². The summed E-state index contributed by atoms with van der Waals surface area (Å²) in [7, 11) is 1.86. The van der Waals surface area contributed by atoms with E-state index in [9.17, 15) is 4.79 Å². The molecular weight excluding hydrogens is 290 g/mol. The van der Waals surface area contributed by atoms with Gasteiger partial charge in [-0.05, 0) is 18.8 Å². The minimum Gasteiger partial charge on any atom is -0.323 e. The van der Waals surface area contributed by atoms with Crippen LogP contribution in [0.1, 0.15) is 50.6 Å².